The number of fused-ring (bicyclic) bond motifs is 6. The number of carboxylic acids is 1. The van der Waals surface area contributed by atoms with Gasteiger partial charge in [0.15, 0.2) is 0 Å². The highest BCUT2D eigenvalue weighted by Crippen LogP contribution is 2.63. The average molecular weight is 815 g/mol. The summed E-state index contributed by atoms with van der Waals surface area (Å²) in [4.78, 5) is 73.9. The first-order valence-electron chi connectivity index (χ1n) is 19.0. The predicted molar refractivity (Wildman–Crippen MR) is 216 cm³/mol. The number of hydrogen-bond donors (Lipinski definition) is 2. The number of carbonyl (C=O) groups excluding carboxylic acids is 4. The van der Waals surface area contributed by atoms with Crippen molar-refractivity contribution in [2.24, 2.45) is 42.1 Å². The monoisotopic (exact) mass is 814 g/mol. The van der Waals surface area contributed by atoms with Crippen molar-refractivity contribution in [1.82, 2.24) is 9.78 Å². The van der Waals surface area contributed by atoms with Crippen LogP contribution in [0.25, 0.3) is 20.7 Å². The summed E-state index contributed by atoms with van der Waals surface area (Å²) in [6.45, 7) is 3.80. The van der Waals surface area contributed by atoms with E-state index in [2.05, 4.69) is 0 Å². The molecule has 58 heavy (non-hydrogen) atoms. The number of aromatic carboxylic acids is 1. The molecule has 2 aromatic heterocycles. The summed E-state index contributed by atoms with van der Waals surface area (Å²) in [5.74, 6) is -5.78. The fourth-order valence-corrected chi connectivity index (χ4v) is 11.6. The number of hydrogen-bond acceptors (Lipinski definition) is 9. The largest absolute Gasteiger partial charge is 0.508 e. The number of aryl methyl sites for hydroxylation is 2. The number of carboxylic acid groups (broad SMARTS) is 1. The van der Waals surface area contributed by atoms with Gasteiger partial charge in [-0.3, -0.25) is 28.8 Å². The lowest BCUT2D eigenvalue weighted by molar-refractivity contribution is -0.132. The zero-order valence-electron chi connectivity index (χ0n) is 31.4. The number of allylic oxidation sites excluding steroid dienone is 3. The first kappa shape index (κ1) is 36.3. The van der Waals surface area contributed by atoms with Gasteiger partial charge in [-0.15, -0.1) is 11.3 Å². The van der Waals surface area contributed by atoms with Gasteiger partial charge in [0, 0.05) is 40.7 Å². The van der Waals surface area contributed by atoms with E-state index in [1.165, 1.54) is 29.2 Å². The Bertz CT molecular complexity index is 2790. The van der Waals surface area contributed by atoms with Crippen LogP contribution in [-0.2, 0) is 32.6 Å². The normalized spacial score (nSPS) is 26.2. The third kappa shape index (κ3) is 5.05. The number of aromatic hydroxyl groups is 1. The molecule has 6 atom stereocenters. The van der Waals surface area contributed by atoms with Crippen molar-refractivity contribution in [3.63, 3.8) is 0 Å². The number of aromatic nitrogens is 2. The smallest absolute Gasteiger partial charge is 0.335 e. The molecule has 3 fully saturated rings. The maximum atomic E-state index is 15.3. The third-order valence-corrected chi connectivity index (χ3v) is 14.5. The van der Waals surface area contributed by atoms with Gasteiger partial charge in [0.05, 0.1) is 45.6 Å². The summed E-state index contributed by atoms with van der Waals surface area (Å²) in [6.07, 6.45) is 4.23. The molecule has 2 aliphatic carbocycles. The Morgan fingerprint density at radius 3 is 2.59 bits per heavy atom. The highest BCUT2D eigenvalue weighted by molar-refractivity contribution is 7.22. The highest BCUT2D eigenvalue weighted by Gasteiger charge is 2.68. The summed E-state index contributed by atoms with van der Waals surface area (Å²) in [6, 6.07) is 18.0. The van der Waals surface area contributed by atoms with Gasteiger partial charge < -0.3 is 14.9 Å². The second kappa shape index (κ2) is 12.7. The van der Waals surface area contributed by atoms with E-state index in [1.807, 2.05) is 38.1 Å². The van der Waals surface area contributed by atoms with Gasteiger partial charge in [0.1, 0.15) is 23.0 Å². The molecule has 2 N–H and O–H groups in total. The number of ether oxygens (including phenoxy) is 1. The number of amides is 4. The molecule has 3 aromatic carbocycles. The molecule has 2 saturated heterocycles. The van der Waals surface area contributed by atoms with Gasteiger partial charge in [-0.05, 0) is 104 Å². The lowest BCUT2D eigenvalue weighted by Gasteiger charge is -2.49. The molecule has 5 aliphatic rings. The molecule has 12 nitrogen and oxygen atoms in total. The highest BCUT2D eigenvalue weighted by atomic mass is 35.5. The number of benzene rings is 3. The molecule has 3 aliphatic heterocycles. The van der Waals surface area contributed by atoms with Crippen LogP contribution < -0.4 is 14.5 Å². The van der Waals surface area contributed by atoms with E-state index in [9.17, 15) is 24.6 Å². The second-order valence-corrected chi connectivity index (χ2v) is 17.5. The van der Waals surface area contributed by atoms with Crippen molar-refractivity contribution >= 4 is 74.1 Å². The summed E-state index contributed by atoms with van der Waals surface area (Å²) < 4.78 is 8.70. The van der Waals surface area contributed by atoms with Gasteiger partial charge in [0.25, 0.3) is 0 Å². The summed E-state index contributed by atoms with van der Waals surface area (Å²) >= 11 is 7.87. The lowest BCUT2D eigenvalue weighted by atomic mass is 9.51. The topological polar surface area (TPSA) is 159 Å². The van der Waals surface area contributed by atoms with Gasteiger partial charge in [0.2, 0.25) is 23.6 Å². The number of imide groups is 2. The molecule has 5 aromatic rings. The van der Waals surface area contributed by atoms with E-state index < -0.39 is 64.6 Å². The molecule has 0 unspecified atom stereocenters. The standard InChI is InChI=1S/C44H35ClN4O8S/c1-20-29-16-24(45)7-12-34(29)58-38(20)32-18-35(47(3)46-32)49-40(52)31-17-30-27(37(44(31,2)43(49)56)23-13-22-15-26(50)8-11-33(22)57-19-23)9-10-28-36(30)41(53)48(39(28)51)25-6-4-5-21(14-25)42(54)55/h4-9,11-12,14-16,18-19,28,30-31,36-37,50H,10,13,17H2,1-3H3,(H,54,55)/t28-,30+,31-,36-,37-,44+/m0/s1. The van der Waals surface area contributed by atoms with Gasteiger partial charge in [-0.2, -0.15) is 5.10 Å². The molecule has 5 heterocycles. The second-order valence-electron chi connectivity index (χ2n) is 16.0. The molecular formula is C44H35ClN4O8S. The summed E-state index contributed by atoms with van der Waals surface area (Å²) in [5.41, 5.74) is 2.56. The third-order valence-electron chi connectivity index (χ3n) is 13.0. The Balaban J connectivity index is 1.08. The van der Waals surface area contributed by atoms with Crippen LogP contribution in [0.3, 0.4) is 0 Å². The minimum atomic E-state index is -1.33. The molecule has 0 spiro atoms. The van der Waals surface area contributed by atoms with Gasteiger partial charge in [-0.1, -0.05) is 29.3 Å². The number of rotatable bonds is 5. The Hall–Kier alpha value is -6.05. The first-order valence-corrected chi connectivity index (χ1v) is 20.2. The number of thiophene rings is 1. The Kier molecular flexibility index (Phi) is 7.96. The lowest BCUT2D eigenvalue weighted by Crippen LogP contribution is -2.51. The molecule has 14 heteroatoms. The van der Waals surface area contributed by atoms with E-state index in [0.717, 1.165) is 31.0 Å². The number of phenolic OH excluding ortho intramolecular Hbond substituents is 1. The summed E-state index contributed by atoms with van der Waals surface area (Å²) in [7, 11) is 1.70. The van der Waals surface area contributed by atoms with Crippen LogP contribution in [-0.4, -0.2) is 49.6 Å². The number of phenols is 1. The molecule has 292 valence electrons. The van der Waals surface area contributed by atoms with Crippen LogP contribution in [0, 0.1) is 41.9 Å². The Morgan fingerprint density at radius 1 is 0.983 bits per heavy atom. The quantitative estimate of drug-likeness (QED) is 0.136. The van der Waals surface area contributed by atoms with Crippen LogP contribution >= 0.6 is 22.9 Å². The SMILES string of the molecule is Cc1c(-c2cc(N3C(=O)[C@@H]4C[C@@H]5C(=CC[C@@H]6C(=O)N(c7cccc(C(=O)O)c7)C(=O)[C@@H]65)[C@H](C5=COc6ccc(O)cc6C5)[C@]4(C)C3=O)n(C)n2)sc2ccc(Cl)cc12. The Morgan fingerprint density at radius 2 is 1.79 bits per heavy atom. The average Bonchev–Trinajstić information content (AvgIpc) is 3.87. The predicted octanol–water partition coefficient (Wildman–Crippen LogP) is 7.45. The van der Waals surface area contributed by atoms with Crippen molar-refractivity contribution in [1.29, 1.82) is 0 Å². The van der Waals surface area contributed by atoms with E-state index in [-0.39, 0.29) is 29.8 Å². The molecule has 1 saturated carbocycles. The molecule has 0 radical (unpaired) electrons. The molecular weight excluding hydrogens is 780 g/mol. The zero-order chi connectivity index (χ0) is 40.5. The molecule has 0 bridgehead atoms. The van der Waals surface area contributed by atoms with E-state index in [1.54, 1.807) is 53.6 Å². The number of nitrogens with zero attached hydrogens (tertiary/aromatic N) is 4. The summed E-state index contributed by atoms with van der Waals surface area (Å²) in [5, 5.41) is 26.5. The van der Waals surface area contributed by atoms with E-state index in [0.29, 0.717) is 39.8 Å². The van der Waals surface area contributed by atoms with Crippen LogP contribution in [0.5, 0.6) is 11.5 Å². The zero-order valence-corrected chi connectivity index (χ0v) is 33.0. The van der Waals surface area contributed by atoms with Crippen LogP contribution in [0.4, 0.5) is 11.5 Å². The van der Waals surface area contributed by atoms with E-state index >= 15 is 9.59 Å². The van der Waals surface area contributed by atoms with Gasteiger partial charge >= 0.3 is 5.97 Å². The number of halogens is 1. The fraction of sp³-hybridized carbons (Fsp3) is 0.273. The fourth-order valence-electron chi connectivity index (χ4n) is 10.3. The minimum Gasteiger partial charge on any atom is -0.508 e. The van der Waals surface area contributed by atoms with E-state index in [4.69, 9.17) is 21.4 Å². The van der Waals surface area contributed by atoms with Crippen molar-refractivity contribution in [3.8, 4) is 22.1 Å². The Labute approximate surface area is 340 Å². The number of anilines is 2. The van der Waals surface area contributed by atoms with Crippen LogP contribution in [0.2, 0.25) is 5.02 Å². The van der Waals surface area contributed by atoms with Crippen molar-refractivity contribution in [2.75, 3.05) is 9.80 Å². The van der Waals surface area contributed by atoms with Crippen LogP contribution in [0.15, 0.2) is 90.2 Å². The van der Waals surface area contributed by atoms with Crippen molar-refractivity contribution in [2.45, 2.75) is 33.1 Å². The van der Waals surface area contributed by atoms with Crippen molar-refractivity contribution < 1.29 is 38.9 Å². The molecule has 10 rings (SSSR count). The van der Waals surface area contributed by atoms with Crippen LogP contribution in [0.1, 0.15) is 41.3 Å². The minimum absolute atomic E-state index is 0.0540. The first-order chi connectivity index (χ1) is 27.8. The van der Waals surface area contributed by atoms with Gasteiger partial charge in [-0.25, -0.2) is 9.69 Å². The molecule has 4 amide bonds. The van der Waals surface area contributed by atoms with Crippen molar-refractivity contribution in [3.05, 3.63) is 112 Å². The maximum absolute atomic E-state index is 15.3. The maximum Gasteiger partial charge on any atom is 0.335 e. The number of carbonyl (C=O) groups is 5.